The molecule has 1 rings (SSSR count). The van der Waals surface area contributed by atoms with E-state index in [-0.39, 0.29) is 12.5 Å². The predicted molar refractivity (Wildman–Crippen MR) is 78.5 cm³/mol. The van der Waals surface area contributed by atoms with Crippen LogP contribution in [0.25, 0.3) is 0 Å². The number of carbonyl (C=O) groups excluding carboxylic acids is 1. The molecule has 106 valence electrons. The molecule has 0 atom stereocenters. The molecule has 4 nitrogen and oxygen atoms in total. The second kappa shape index (κ2) is 8.53. The Morgan fingerprint density at radius 2 is 2.00 bits per heavy atom. The first-order valence-corrected chi connectivity index (χ1v) is 6.90. The Balaban J connectivity index is 2.60. The minimum absolute atomic E-state index is 0.0422. The number of aliphatic hydroxyl groups is 1. The van der Waals surface area contributed by atoms with Crippen molar-refractivity contribution in [3.05, 3.63) is 29.8 Å². The van der Waals surface area contributed by atoms with Gasteiger partial charge in [0.25, 0.3) is 5.91 Å². The number of nitrogens with one attached hydrogen (secondary N) is 1. The first-order chi connectivity index (χ1) is 9.20. The van der Waals surface area contributed by atoms with Crippen molar-refractivity contribution < 1.29 is 9.90 Å². The number of nitrogens with zero attached hydrogens (tertiary/aromatic N) is 1. The maximum Gasteiger partial charge on any atom is 0.255 e. The molecule has 0 saturated heterocycles. The van der Waals surface area contributed by atoms with Gasteiger partial charge in [0.2, 0.25) is 0 Å². The summed E-state index contributed by atoms with van der Waals surface area (Å²) in [6.45, 7) is 3.75. The fourth-order valence-electron chi connectivity index (χ4n) is 1.96. The molecule has 0 bridgehead atoms. The van der Waals surface area contributed by atoms with Crippen LogP contribution >= 0.6 is 0 Å². The Morgan fingerprint density at radius 3 is 2.68 bits per heavy atom. The highest BCUT2D eigenvalue weighted by molar-refractivity contribution is 5.99. The Hall–Kier alpha value is -1.55. The van der Waals surface area contributed by atoms with Crippen LogP contribution < -0.4 is 5.32 Å². The van der Waals surface area contributed by atoms with Gasteiger partial charge in [-0.3, -0.25) is 4.79 Å². The Labute approximate surface area is 115 Å². The molecule has 0 aromatic heterocycles. The van der Waals surface area contributed by atoms with Crippen LogP contribution in [0.3, 0.4) is 0 Å². The molecule has 1 amide bonds. The van der Waals surface area contributed by atoms with Crippen molar-refractivity contribution in [3.8, 4) is 0 Å². The number of para-hydroxylation sites is 1. The van der Waals surface area contributed by atoms with Crippen molar-refractivity contribution in [2.24, 2.45) is 0 Å². The zero-order valence-electron chi connectivity index (χ0n) is 11.9. The normalized spacial score (nSPS) is 10.3. The number of rotatable bonds is 8. The third-order valence-electron chi connectivity index (χ3n) is 3.02. The minimum Gasteiger partial charge on any atom is -0.396 e. The molecule has 1 aromatic rings. The molecule has 0 aliphatic heterocycles. The molecule has 0 unspecified atom stereocenters. The number of benzene rings is 1. The molecule has 0 aliphatic rings. The van der Waals surface area contributed by atoms with Crippen LogP contribution in [0, 0.1) is 0 Å². The van der Waals surface area contributed by atoms with Crippen LogP contribution in [0.2, 0.25) is 0 Å². The summed E-state index contributed by atoms with van der Waals surface area (Å²) in [6, 6.07) is 7.59. The second-order valence-corrected chi connectivity index (χ2v) is 4.59. The number of unbranched alkanes of at least 4 members (excludes halogenated alkanes) is 2. The molecule has 2 N–H and O–H groups in total. The summed E-state index contributed by atoms with van der Waals surface area (Å²) in [4.78, 5) is 14.1. The van der Waals surface area contributed by atoms with Crippen molar-refractivity contribution in [2.75, 3.05) is 32.1 Å². The smallest absolute Gasteiger partial charge is 0.255 e. The van der Waals surface area contributed by atoms with Crippen LogP contribution in [0.5, 0.6) is 0 Å². The van der Waals surface area contributed by atoms with E-state index in [1.54, 1.807) is 4.90 Å². The van der Waals surface area contributed by atoms with Gasteiger partial charge in [0.15, 0.2) is 0 Å². The van der Waals surface area contributed by atoms with Crippen molar-refractivity contribution in [2.45, 2.75) is 26.2 Å². The van der Waals surface area contributed by atoms with Gasteiger partial charge in [-0.25, -0.2) is 0 Å². The Bertz CT molecular complexity index is 393. The van der Waals surface area contributed by atoms with Crippen LogP contribution in [0.15, 0.2) is 24.3 Å². The van der Waals surface area contributed by atoms with Gasteiger partial charge in [-0.1, -0.05) is 12.1 Å². The van der Waals surface area contributed by atoms with Gasteiger partial charge in [0.1, 0.15) is 0 Å². The van der Waals surface area contributed by atoms with Gasteiger partial charge >= 0.3 is 0 Å². The third-order valence-corrected chi connectivity index (χ3v) is 3.02. The number of hydrogen-bond acceptors (Lipinski definition) is 3. The number of carbonyl (C=O) groups is 1. The Kier molecular flexibility index (Phi) is 6.97. The maximum atomic E-state index is 12.3. The molecule has 1 aromatic carbocycles. The van der Waals surface area contributed by atoms with Crippen molar-refractivity contribution in [1.82, 2.24) is 4.90 Å². The van der Waals surface area contributed by atoms with E-state index in [0.29, 0.717) is 5.56 Å². The molecule has 0 saturated carbocycles. The molecular formula is C15H24N2O2. The highest BCUT2D eigenvalue weighted by Crippen LogP contribution is 2.16. The van der Waals surface area contributed by atoms with E-state index in [1.165, 1.54) is 0 Å². The van der Waals surface area contributed by atoms with Crippen LogP contribution in [0.4, 0.5) is 5.69 Å². The summed E-state index contributed by atoms with van der Waals surface area (Å²) in [5.41, 5.74) is 1.60. The largest absolute Gasteiger partial charge is 0.396 e. The van der Waals surface area contributed by atoms with Crippen molar-refractivity contribution in [1.29, 1.82) is 0 Å². The molecule has 0 heterocycles. The summed E-state index contributed by atoms with van der Waals surface area (Å²) in [7, 11) is 1.82. The van der Waals surface area contributed by atoms with E-state index in [0.717, 1.165) is 38.0 Å². The van der Waals surface area contributed by atoms with Crippen molar-refractivity contribution >= 4 is 11.6 Å². The van der Waals surface area contributed by atoms with Gasteiger partial charge in [0.05, 0.1) is 5.56 Å². The summed E-state index contributed by atoms with van der Waals surface area (Å²) in [6.07, 6.45) is 2.67. The predicted octanol–water partition coefficient (Wildman–Crippen LogP) is 2.35. The van der Waals surface area contributed by atoms with Gasteiger partial charge in [-0.15, -0.1) is 0 Å². The van der Waals surface area contributed by atoms with Gasteiger partial charge < -0.3 is 15.3 Å². The fraction of sp³-hybridized carbons (Fsp3) is 0.533. The van der Waals surface area contributed by atoms with Gasteiger partial charge in [0, 0.05) is 32.4 Å². The summed E-state index contributed by atoms with van der Waals surface area (Å²) >= 11 is 0. The van der Waals surface area contributed by atoms with Gasteiger partial charge in [-0.2, -0.15) is 0 Å². The number of aliphatic hydroxyl groups excluding tert-OH is 1. The van der Waals surface area contributed by atoms with E-state index in [4.69, 9.17) is 5.11 Å². The van der Waals surface area contributed by atoms with Gasteiger partial charge in [-0.05, 0) is 38.3 Å². The molecule has 19 heavy (non-hydrogen) atoms. The first kappa shape index (κ1) is 15.5. The van der Waals surface area contributed by atoms with E-state index in [9.17, 15) is 4.79 Å². The van der Waals surface area contributed by atoms with Crippen LogP contribution in [0.1, 0.15) is 36.5 Å². The lowest BCUT2D eigenvalue weighted by atomic mass is 10.1. The average Bonchev–Trinajstić information content (AvgIpc) is 2.43. The molecule has 0 aliphatic carbocycles. The fourth-order valence-corrected chi connectivity index (χ4v) is 1.96. The lowest BCUT2D eigenvalue weighted by Crippen LogP contribution is -2.28. The molecular weight excluding hydrogens is 240 g/mol. The minimum atomic E-state index is 0.0422. The molecule has 0 radical (unpaired) electrons. The highest BCUT2D eigenvalue weighted by atomic mass is 16.2. The first-order valence-electron chi connectivity index (χ1n) is 6.90. The topological polar surface area (TPSA) is 52.6 Å². The Morgan fingerprint density at radius 1 is 1.26 bits per heavy atom. The molecule has 0 fully saturated rings. The van der Waals surface area contributed by atoms with E-state index in [2.05, 4.69) is 5.32 Å². The van der Waals surface area contributed by atoms with E-state index in [1.807, 2.05) is 38.2 Å². The standard InChI is InChI=1S/C15H24N2O2/c1-3-16-14-10-6-5-9-13(14)15(19)17(2)11-7-4-8-12-18/h5-6,9-10,16,18H,3-4,7-8,11-12H2,1-2H3. The lowest BCUT2D eigenvalue weighted by Gasteiger charge is -2.19. The van der Waals surface area contributed by atoms with Crippen molar-refractivity contribution in [3.63, 3.8) is 0 Å². The average molecular weight is 264 g/mol. The third kappa shape index (κ3) is 4.91. The van der Waals surface area contributed by atoms with Crippen LogP contribution in [-0.4, -0.2) is 42.7 Å². The molecule has 4 heteroatoms. The quantitative estimate of drug-likeness (QED) is 0.709. The SMILES string of the molecule is CCNc1ccccc1C(=O)N(C)CCCCCO. The zero-order valence-corrected chi connectivity index (χ0v) is 11.9. The highest BCUT2D eigenvalue weighted by Gasteiger charge is 2.14. The number of anilines is 1. The number of amides is 1. The van der Waals surface area contributed by atoms with Crippen LogP contribution in [-0.2, 0) is 0 Å². The van der Waals surface area contributed by atoms with E-state index >= 15 is 0 Å². The summed E-state index contributed by atoms with van der Waals surface area (Å²) in [5.74, 6) is 0.0422. The lowest BCUT2D eigenvalue weighted by molar-refractivity contribution is 0.0793. The monoisotopic (exact) mass is 264 g/mol. The van der Waals surface area contributed by atoms with E-state index < -0.39 is 0 Å². The number of hydrogen-bond donors (Lipinski definition) is 2. The second-order valence-electron chi connectivity index (χ2n) is 4.59. The summed E-state index contributed by atoms with van der Waals surface area (Å²) < 4.78 is 0. The maximum absolute atomic E-state index is 12.3. The summed E-state index contributed by atoms with van der Waals surface area (Å²) in [5, 5.41) is 11.9. The zero-order chi connectivity index (χ0) is 14.1. The molecule has 0 spiro atoms.